The van der Waals surface area contributed by atoms with E-state index in [-0.39, 0.29) is 0 Å². The van der Waals surface area contributed by atoms with Gasteiger partial charge in [-0.05, 0) is 23.3 Å². The molecule has 1 aliphatic rings. The molecule has 5 heteroatoms. The SMILES string of the molecule is O=S1(=O)c2ccccc2-n2c3c(-c4ccccc4)cccc3c3ccc4c5cccc(-c6ccccc6)c5n1c4c32. The summed E-state index contributed by atoms with van der Waals surface area (Å²) in [5, 5.41) is 3.97. The average molecular weight is 547 g/mol. The summed E-state index contributed by atoms with van der Waals surface area (Å²) >= 11 is 0. The molecule has 41 heavy (non-hydrogen) atoms. The number of benzene rings is 6. The molecule has 6 aromatic carbocycles. The van der Waals surface area contributed by atoms with E-state index in [1.807, 2.05) is 84.9 Å². The van der Waals surface area contributed by atoms with Crippen LogP contribution in [-0.4, -0.2) is 17.0 Å². The predicted molar refractivity (Wildman–Crippen MR) is 167 cm³/mol. The molecule has 1 aliphatic heterocycles. The normalized spacial score (nSPS) is 13.8. The molecule has 0 saturated carbocycles. The Morgan fingerprint density at radius 1 is 0.415 bits per heavy atom. The Morgan fingerprint density at radius 3 is 1.59 bits per heavy atom. The van der Waals surface area contributed by atoms with Gasteiger partial charge in [-0.15, -0.1) is 0 Å². The minimum Gasteiger partial charge on any atom is -0.305 e. The molecule has 9 rings (SSSR count). The molecule has 0 radical (unpaired) electrons. The molecule has 0 aliphatic carbocycles. The van der Waals surface area contributed by atoms with Gasteiger partial charge in [-0.25, -0.2) is 12.4 Å². The second kappa shape index (κ2) is 7.96. The highest BCUT2D eigenvalue weighted by atomic mass is 32.2. The minimum absolute atomic E-state index is 0.291. The minimum atomic E-state index is -3.98. The van der Waals surface area contributed by atoms with Gasteiger partial charge < -0.3 is 4.57 Å². The molecular weight excluding hydrogens is 524 g/mol. The summed E-state index contributed by atoms with van der Waals surface area (Å²) in [6, 6.07) is 44.5. The Hall–Kier alpha value is -5.13. The summed E-state index contributed by atoms with van der Waals surface area (Å²) in [5.74, 6) is 0. The number of fused-ring (bicyclic) bond motifs is 8. The number of hydrogen-bond donors (Lipinski definition) is 0. The van der Waals surface area contributed by atoms with Crippen molar-refractivity contribution in [3.63, 3.8) is 0 Å². The number of rotatable bonds is 2. The molecule has 0 unspecified atom stereocenters. The number of hydrogen-bond acceptors (Lipinski definition) is 2. The summed E-state index contributed by atoms with van der Waals surface area (Å²) < 4.78 is 33.5. The third-order valence-electron chi connectivity index (χ3n) is 8.45. The Balaban J connectivity index is 1.60. The van der Waals surface area contributed by atoms with Crippen LogP contribution in [0.3, 0.4) is 0 Å². The molecule has 0 spiro atoms. The molecule has 0 N–H and O–H groups in total. The van der Waals surface area contributed by atoms with Gasteiger partial charge in [-0.1, -0.05) is 121 Å². The number of para-hydroxylation sites is 3. The van der Waals surface area contributed by atoms with Crippen molar-refractivity contribution < 1.29 is 8.42 Å². The highest BCUT2D eigenvalue weighted by molar-refractivity contribution is 7.90. The van der Waals surface area contributed by atoms with E-state index in [4.69, 9.17) is 0 Å². The Bertz CT molecular complexity index is 2470. The van der Waals surface area contributed by atoms with Crippen molar-refractivity contribution in [3.8, 4) is 27.9 Å². The van der Waals surface area contributed by atoms with Gasteiger partial charge in [-0.2, -0.15) is 0 Å². The summed E-state index contributed by atoms with van der Waals surface area (Å²) in [4.78, 5) is 0.291. The largest absolute Gasteiger partial charge is 0.305 e. The van der Waals surface area contributed by atoms with Crippen LogP contribution in [0.25, 0.3) is 71.6 Å². The van der Waals surface area contributed by atoms with E-state index in [9.17, 15) is 8.42 Å². The maximum absolute atomic E-state index is 14.8. The van der Waals surface area contributed by atoms with E-state index in [0.29, 0.717) is 21.6 Å². The standard InChI is InChI=1S/C36H22N2O2S/c39-41(40)32-20-8-7-19-31(32)37-33-25(23-11-3-1-4-12-23)15-9-17-27(33)29-21-22-30-28-18-10-16-26(24-13-5-2-6-14-24)34(28)38(41)36(30)35(29)37/h1-22H. The molecule has 0 fully saturated rings. The van der Waals surface area contributed by atoms with Gasteiger partial charge in [0, 0.05) is 32.7 Å². The maximum Gasteiger partial charge on any atom is 0.270 e. The van der Waals surface area contributed by atoms with Gasteiger partial charge in [0.2, 0.25) is 0 Å². The van der Waals surface area contributed by atoms with Crippen molar-refractivity contribution in [1.29, 1.82) is 0 Å². The van der Waals surface area contributed by atoms with E-state index in [2.05, 4.69) is 47.0 Å². The van der Waals surface area contributed by atoms with Crippen LogP contribution < -0.4 is 0 Å². The summed E-state index contributed by atoms with van der Waals surface area (Å²) in [7, 11) is -3.98. The van der Waals surface area contributed by atoms with E-state index in [1.54, 1.807) is 10.0 Å². The van der Waals surface area contributed by atoms with Crippen LogP contribution in [0.4, 0.5) is 0 Å². The van der Waals surface area contributed by atoms with E-state index >= 15 is 0 Å². The Kier molecular flexibility index (Phi) is 4.40. The Morgan fingerprint density at radius 2 is 0.927 bits per heavy atom. The molecule has 0 amide bonds. The van der Waals surface area contributed by atoms with Gasteiger partial charge in [0.1, 0.15) is 4.90 Å². The second-order valence-corrected chi connectivity index (χ2v) is 12.3. The first-order valence-electron chi connectivity index (χ1n) is 13.6. The molecule has 0 bridgehead atoms. The predicted octanol–water partition coefficient (Wildman–Crippen LogP) is 8.78. The van der Waals surface area contributed by atoms with Crippen molar-refractivity contribution in [1.82, 2.24) is 8.54 Å². The second-order valence-electron chi connectivity index (χ2n) is 10.6. The zero-order chi connectivity index (χ0) is 27.3. The van der Waals surface area contributed by atoms with E-state index in [1.165, 1.54) is 0 Å². The lowest BCUT2D eigenvalue weighted by Gasteiger charge is -2.14. The van der Waals surface area contributed by atoms with Crippen molar-refractivity contribution >= 4 is 53.6 Å². The van der Waals surface area contributed by atoms with Crippen molar-refractivity contribution in [2.75, 3.05) is 0 Å². The third kappa shape index (κ3) is 2.86. The molecule has 2 aromatic heterocycles. The highest BCUT2D eigenvalue weighted by Crippen LogP contribution is 2.48. The molecule has 4 nitrogen and oxygen atoms in total. The number of aromatic nitrogens is 2. The molecule has 194 valence electrons. The summed E-state index contributed by atoms with van der Waals surface area (Å²) in [6.45, 7) is 0. The lowest BCUT2D eigenvalue weighted by molar-refractivity contribution is 0.590. The smallest absolute Gasteiger partial charge is 0.270 e. The van der Waals surface area contributed by atoms with Gasteiger partial charge in [0.05, 0.1) is 27.8 Å². The zero-order valence-electron chi connectivity index (χ0n) is 21.8. The van der Waals surface area contributed by atoms with Crippen molar-refractivity contribution in [3.05, 3.63) is 133 Å². The van der Waals surface area contributed by atoms with Gasteiger partial charge in [-0.3, -0.25) is 0 Å². The van der Waals surface area contributed by atoms with Crippen LogP contribution in [0.15, 0.2) is 138 Å². The van der Waals surface area contributed by atoms with E-state index in [0.717, 1.165) is 54.8 Å². The first-order valence-corrected chi connectivity index (χ1v) is 15.1. The fraction of sp³-hybridized carbons (Fsp3) is 0. The first-order chi connectivity index (χ1) is 20.1. The van der Waals surface area contributed by atoms with Gasteiger partial charge in [0.25, 0.3) is 10.0 Å². The van der Waals surface area contributed by atoms with Crippen LogP contribution in [0.5, 0.6) is 0 Å². The fourth-order valence-corrected chi connectivity index (χ4v) is 8.53. The van der Waals surface area contributed by atoms with Gasteiger partial charge in [0.15, 0.2) is 0 Å². The molecule has 0 saturated heterocycles. The monoisotopic (exact) mass is 546 g/mol. The lowest BCUT2D eigenvalue weighted by atomic mass is 10.0. The third-order valence-corrected chi connectivity index (χ3v) is 10.2. The quantitative estimate of drug-likeness (QED) is 0.218. The summed E-state index contributed by atoms with van der Waals surface area (Å²) in [5.41, 5.74) is 8.02. The zero-order valence-corrected chi connectivity index (χ0v) is 22.6. The molecular formula is C36H22N2O2S. The summed E-state index contributed by atoms with van der Waals surface area (Å²) in [6.07, 6.45) is 0. The van der Waals surface area contributed by atoms with Crippen LogP contribution in [0, 0.1) is 0 Å². The van der Waals surface area contributed by atoms with Crippen LogP contribution >= 0.6 is 0 Å². The topological polar surface area (TPSA) is 44.0 Å². The fourth-order valence-electron chi connectivity index (χ4n) is 6.79. The maximum atomic E-state index is 14.8. The molecule has 0 atom stereocenters. The van der Waals surface area contributed by atoms with Gasteiger partial charge >= 0.3 is 0 Å². The average Bonchev–Trinajstić information content (AvgIpc) is 3.53. The number of nitrogens with zero attached hydrogens (tertiary/aromatic N) is 2. The first kappa shape index (κ1) is 22.7. The van der Waals surface area contributed by atoms with Crippen molar-refractivity contribution in [2.45, 2.75) is 4.90 Å². The van der Waals surface area contributed by atoms with Crippen LogP contribution in [0.2, 0.25) is 0 Å². The highest BCUT2D eigenvalue weighted by Gasteiger charge is 2.34. The van der Waals surface area contributed by atoms with E-state index < -0.39 is 10.0 Å². The Labute approximate surface area is 236 Å². The van der Waals surface area contributed by atoms with Crippen molar-refractivity contribution in [2.24, 2.45) is 0 Å². The molecule has 3 heterocycles. The lowest BCUT2D eigenvalue weighted by Crippen LogP contribution is -2.13. The molecule has 8 aromatic rings. The van der Waals surface area contributed by atoms with Crippen LogP contribution in [0.1, 0.15) is 0 Å². The van der Waals surface area contributed by atoms with Crippen LogP contribution in [-0.2, 0) is 10.0 Å².